The summed E-state index contributed by atoms with van der Waals surface area (Å²) in [4.78, 5) is 0. The van der Waals surface area contributed by atoms with Crippen molar-refractivity contribution in [3.05, 3.63) is 0 Å². The van der Waals surface area contributed by atoms with E-state index in [1.807, 2.05) is 0 Å². The fourth-order valence-electron chi connectivity index (χ4n) is 1.10. The third-order valence-corrected chi connectivity index (χ3v) is 1.80. The van der Waals surface area contributed by atoms with Gasteiger partial charge in [-0.25, -0.2) is 0 Å². The Morgan fingerprint density at radius 1 is 0.909 bits per heavy atom. The van der Waals surface area contributed by atoms with E-state index in [2.05, 4.69) is 0 Å². The maximum absolute atomic E-state index is 6.81. The number of rotatable bonds is 8. The molecule has 0 unspecified atom stereocenters. The van der Waals surface area contributed by atoms with E-state index in [0.717, 1.165) is 13.0 Å². The second-order valence-corrected chi connectivity index (χ2v) is 2.90. The van der Waals surface area contributed by atoms with Gasteiger partial charge in [-0.2, -0.15) is 0 Å². The van der Waals surface area contributed by atoms with Gasteiger partial charge < -0.3 is 11.1 Å². The van der Waals surface area contributed by atoms with Crippen molar-refractivity contribution in [1.29, 1.82) is 5.41 Å². The molecule has 0 aromatic rings. The minimum Gasteiger partial charge on any atom is -0.330 e. The standard InChI is InChI=1S/C9H20N2/c10-8-6-4-2-1-3-5-7-9-11/h8,10H,1-7,9,11H2. The van der Waals surface area contributed by atoms with Gasteiger partial charge in [0.2, 0.25) is 0 Å². The van der Waals surface area contributed by atoms with Crippen LogP contribution in [0.5, 0.6) is 0 Å². The molecule has 0 atom stereocenters. The lowest BCUT2D eigenvalue weighted by atomic mass is 10.1. The van der Waals surface area contributed by atoms with Crippen LogP contribution in [-0.4, -0.2) is 12.8 Å². The van der Waals surface area contributed by atoms with Gasteiger partial charge in [0, 0.05) is 0 Å². The normalized spacial score (nSPS) is 9.91. The molecule has 66 valence electrons. The maximum Gasteiger partial charge on any atom is -0.00477 e. The quantitative estimate of drug-likeness (QED) is 0.411. The number of unbranched alkanes of at least 4 members (excludes halogenated alkanes) is 6. The van der Waals surface area contributed by atoms with Crippen LogP contribution in [-0.2, 0) is 0 Å². The maximum atomic E-state index is 6.81. The van der Waals surface area contributed by atoms with Gasteiger partial charge >= 0.3 is 0 Å². The lowest BCUT2D eigenvalue weighted by Gasteiger charge is -1.97. The Balaban J connectivity index is 2.74. The van der Waals surface area contributed by atoms with Crippen molar-refractivity contribution in [1.82, 2.24) is 0 Å². The number of hydrogen-bond donors (Lipinski definition) is 2. The number of nitrogens with two attached hydrogens (primary N) is 1. The van der Waals surface area contributed by atoms with Crippen LogP contribution < -0.4 is 5.73 Å². The van der Waals surface area contributed by atoms with Crippen LogP contribution in [0, 0.1) is 5.41 Å². The van der Waals surface area contributed by atoms with Crippen LogP contribution in [0.1, 0.15) is 44.9 Å². The molecule has 0 aliphatic carbocycles. The second kappa shape index (κ2) is 9.63. The van der Waals surface area contributed by atoms with Crippen molar-refractivity contribution in [2.24, 2.45) is 5.73 Å². The minimum absolute atomic E-state index is 0.834. The van der Waals surface area contributed by atoms with Crippen molar-refractivity contribution >= 4 is 6.21 Å². The fraction of sp³-hybridized carbons (Fsp3) is 0.889. The molecular formula is C9H20N2. The van der Waals surface area contributed by atoms with E-state index >= 15 is 0 Å². The average Bonchev–Trinajstić information content (AvgIpc) is 2.03. The Bertz CT molecular complexity index is 81.6. The monoisotopic (exact) mass is 156 g/mol. The van der Waals surface area contributed by atoms with Gasteiger partial charge in [0.25, 0.3) is 0 Å². The van der Waals surface area contributed by atoms with Crippen molar-refractivity contribution in [3.63, 3.8) is 0 Å². The van der Waals surface area contributed by atoms with Gasteiger partial charge in [-0.15, -0.1) is 0 Å². The van der Waals surface area contributed by atoms with Gasteiger partial charge in [-0.1, -0.05) is 25.7 Å². The lowest BCUT2D eigenvalue weighted by Crippen LogP contribution is -1.97. The van der Waals surface area contributed by atoms with Crippen LogP contribution in [0.3, 0.4) is 0 Å². The van der Waals surface area contributed by atoms with Gasteiger partial charge in [-0.05, 0) is 32.0 Å². The third kappa shape index (κ3) is 9.63. The van der Waals surface area contributed by atoms with Crippen molar-refractivity contribution in [2.75, 3.05) is 6.54 Å². The van der Waals surface area contributed by atoms with Gasteiger partial charge in [0.1, 0.15) is 0 Å². The molecule has 0 rings (SSSR count). The molecule has 0 heterocycles. The summed E-state index contributed by atoms with van der Waals surface area (Å²) >= 11 is 0. The summed E-state index contributed by atoms with van der Waals surface area (Å²) < 4.78 is 0. The van der Waals surface area contributed by atoms with Crippen LogP contribution in [0.25, 0.3) is 0 Å². The zero-order valence-corrected chi connectivity index (χ0v) is 7.31. The molecule has 0 radical (unpaired) electrons. The summed E-state index contributed by atoms with van der Waals surface area (Å²) in [6.07, 6.45) is 10.00. The van der Waals surface area contributed by atoms with Crippen molar-refractivity contribution in [3.8, 4) is 0 Å². The topological polar surface area (TPSA) is 49.9 Å². The highest BCUT2D eigenvalue weighted by molar-refractivity contribution is 5.52. The minimum atomic E-state index is 0.834. The largest absolute Gasteiger partial charge is 0.330 e. The Morgan fingerprint density at radius 3 is 2.00 bits per heavy atom. The first-order chi connectivity index (χ1) is 5.41. The van der Waals surface area contributed by atoms with Gasteiger partial charge in [0.15, 0.2) is 0 Å². The molecule has 0 saturated carbocycles. The van der Waals surface area contributed by atoms with Crippen LogP contribution in [0.2, 0.25) is 0 Å². The van der Waals surface area contributed by atoms with E-state index in [1.54, 1.807) is 0 Å². The average molecular weight is 156 g/mol. The van der Waals surface area contributed by atoms with Crippen molar-refractivity contribution < 1.29 is 0 Å². The molecule has 0 aromatic carbocycles. The predicted octanol–water partition coefficient (Wildman–Crippen LogP) is 2.33. The number of nitrogens with one attached hydrogen (secondary N) is 1. The Hall–Kier alpha value is -0.370. The SMILES string of the molecule is N=CCCCCCCCCN. The molecule has 0 saturated heterocycles. The van der Waals surface area contributed by atoms with Crippen LogP contribution >= 0.6 is 0 Å². The zero-order valence-electron chi connectivity index (χ0n) is 7.31. The van der Waals surface area contributed by atoms with Gasteiger partial charge in [0.05, 0.1) is 0 Å². The molecule has 0 fully saturated rings. The molecule has 0 spiro atoms. The Labute approximate surface area is 69.7 Å². The zero-order chi connectivity index (χ0) is 8.36. The number of hydrogen-bond acceptors (Lipinski definition) is 2. The van der Waals surface area contributed by atoms with Crippen LogP contribution in [0.15, 0.2) is 0 Å². The molecule has 0 aliphatic rings. The van der Waals surface area contributed by atoms with E-state index in [0.29, 0.717) is 0 Å². The molecule has 2 nitrogen and oxygen atoms in total. The highest BCUT2D eigenvalue weighted by atomic mass is 14.5. The Morgan fingerprint density at radius 2 is 1.45 bits per heavy atom. The summed E-state index contributed by atoms with van der Waals surface area (Å²) in [7, 11) is 0. The molecule has 11 heavy (non-hydrogen) atoms. The first kappa shape index (κ1) is 10.6. The van der Waals surface area contributed by atoms with E-state index in [1.165, 1.54) is 44.7 Å². The van der Waals surface area contributed by atoms with E-state index < -0.39 is 0 Å². The summed E-state index contributed by atoms with van der Waals surface area (Å²) in [5.74, 6) is 0. The van der Waals surface area contributed by atoms with Gasteiger partial charge in [-0.3, -0.25) is 0 Å². The summed E-state index contributed by atoms with van der Waals surface area (Å²) in [6, 6.07) is 0. The van der Waals surface area contributed by atoms with E-state index in [4.69, 9.17) is 11.1 Å². The van der Waals surface area contributed by atoms with Crippen molar-refractivity contribution in [2.45, 2.75) is 44.9 Å². The molecular weight excluding hydrogens is 136 g/mol. The molecule has 2 heteroatoms. The molecule has 3 N–H and O–H groups in total. The highest BCUT2D eigenvalue weighted by Gasteiger charge is 1.88. The van der Waals surface area contributed by atoms with Crippen LogP contribution in [0.4, 0.5) is 0 Å². The second-order valence-electron chi connectivity index (χ2n) is 2.90. The van der Waals surface area contributed by atoms with E-state index in [-0.39, 0.29) is 0 Å². The third-order valence-electron chi connectivity index (χ3n) is 1.80. The molecule has 0 bridgehead atoms. The van der Waals surface area contributed by atoms with E-state index in [9.17, 15) is 0 Å². The molecule has 0 aromatic heterocycles. The smallest absolute Gasteiger partial charge is 0.00477 e. The summed E-state index contributed by atoms with van der Waals surface area (Å²) in [5.41, 5.74) is 5.36. The molecule has 0 amide bonds. The fourth-order valence-corrected chi connectivity index (χ4v) is 1.10. The highest BCUT2D eigenvalue weighted by Crippen LogP contribution is 2.05. The summed E-state index contributed by atoms with van der Waals surface area (Å²) in [5, 5.41) is 6.81. The lowest BCUT2D eigenvalue weighted by molar-refractivity contribution is 0.605. The first-order valence-electron chi connectivity index (χ1n) is 4.61. The summed E-state index contributed by atoms with van der Waals surface area (Å²) in [6.45, 7) is 0.834. The predicted molar refractivity (Wildman–Crippen MR) is 50.2 cm³/mol. The Kier molecular flexibility index (Phi) is 9.31. The first-order valence-corrected chi connectivity index (χ1v) is 4.61. The molecule has 0 aliphatic heterocycles.